The Balaban J connectivity index is 3.20. The van der Waals surface area contributed by atoms with Gasteiger partial charge in [-0.15, -0.1) is 0 Å². The van der Waals surface area contributed by atoms with Gasteiger partial charge in [-0.2, -0.15) is 18.4 Å². The van der Waals surface area contributed by atoms with E-state index in [-0.39, 0.29) is 22.5 Å². The van der Waals surface area contributed by atoms with E-state index in [9.17, 15) is 13.2 Å². The second-order valence-corrected chi connectivity index (χ2v) is 5.57. The number of nitriles is 1. The van der Waals surface area contributed by atoms with Gasteiger partial charge in [0, 0.05) is 6.07 Å². The lowest BCUT2D eigenvalue weighted by Crippen LogP contribution is -2.12. The number of halogens is 3. The molecule has 0 saturated carbocycles. The van der Waals surface area contributed by atoms with Crippen LogP contribution in [0.25, 0.3) is 0 Å². The van der Waals surface area contributed by atoms with Crippen molar-refractivity contribution < 1.29 is 17.9 Å². The molecule has 0 aliphatic carbocycles. The summed E-state index contributed by atoms with van der Waals surface area (Å²) in [7, 11) is 0. The normalized spacial score (nSPS) is 12.2. The molecule has 0 heterocycles. The zero-order valence-corrected chi connectivity index (χ0v) is 13.2. The van der Waals surface area contributed by atoms with Crippen molar-refractivity contribution in [3.05, 3.63) is 23.8 Å². The SMILES string of the molecule is CSC(=Nc1cc(OCC(C)C)cc(C(F)(F)F)c1)NC#N. The number of rotatable bonds is 4. The summed E-state index contributed by atoms with van der Waals surface area (Å²) in [5.41, 5.74) is -0.773. The van der Waals surface area contributed by atoms with Crippen molar-refractivity contribution in [3.8, 4) is 11.9 Å². The van der Waals surface area contributed by atoms with Crippen LogP contribution >= 0.6 is 11.8 Å². The van der Waals surface area contributed by atoms with Gasteiger partial charge in [0.1, 0.15) is 5.75 Å². The van der Waals surface area contributed by atoms with Gasteiger partial charge in [0.2, 0.25) is 0 Å². The zero-order valence-electron chi connectivity index (χ0n) is 12.4. The van der Waals surface area contributed by atoms with Gasteiger partial charge in [-0.25, -0.2) is 4.99 Å². The predicted molar refractivity (Wildman–Crippen MR) is 81.1 cm³/mol. The van der Waals surface area contributed by atoms with Crippen molar-refractivity contribution in [2.45, 2.75) is 20.0 Å². The third-order valence-electron chi connectivity index (χ3n) is 2.39. The van der Waals surface area contributed by atoms with Crippen LogP contribution in [0.15, 0.2) is 23.2 Å². The molecule has 0 aliphatic heterocycles. The van der Waals surface area contributed by atoms with Crippen molar-refractivity contribution in [2.75, 3.05) is 12.9 Å². The molecule has 8 heteroatoms. The van der Waals surface area contributed by atoms with Crippen LogP contribution in [0.5, 0.6) is 5.75 Å². The van der Waals surface area contributed by atoms with Gasteiger partial charge in [0.15, 0.2) is 11.4 Å². The summed E-state index contributed by atoms with van der Waals surface area (Å²) < 4.78 is 44.2. The Labute approximate surface area is 131 Å². The fourth-order valence-corrected chi connectivity index (χ4v) is 1.79. The topological polar surface area (TPSA) is 57.4 Å². The van der Waals surface area contributed by atoms with Gasteiger partial charge >= 0.3 is 6.18 Å². The van der Waals surface area contributed by atoms with E-state index < -0.39 is 11.7 Å². The zero-order chi connectivity index (χ0) is 16.8. The number of ether oxygens (including phenoxy) is 1. The largest absolute Gasteiger partial charge is 0.493 e. The maximum atomic E-state index is 12.9. The fourth-order valence-electron chi connectivity index (χ4n) is 1.45. The molecular weight excluding hydrogens is 315 g/mol. The van der Waals surface area contributed by atoms with E-state index in [1.54, 1.807) is 12.4 Å². The first-order valence-electron chi connectivity index (χ1n) is 6.39. The first kappa shape index (κ1) is 18.2. The number of nitrogens with zero attached hydrogens (tertiary/aromatic N) is 2. The van der Waals surface area contributed by atoms with Crippen molar-refractivity contribution in [1.82, 2.24) is 5.32 Å². The Morgan fingerprint density at radius 3 is 2.59 bits per heavy atom. The van der Waals surface area contributed by atoms with Crippen LogP contribution in [0.4, 0.5) is 18.9 Å². The molecule has 0 spiro atoms. The minimum absolute atomic E-state index is 0.0701. The maximum Gasteiger partial charge on any atom is 0.416 e. The van der Waals surface area contributed by atoms with Crippen LogP contribution < -0.4 is 10.1 Å². The molecule has 22 heavy (non-hydrogen) atoms. The number of nitrogens with one attached hydrogen (secondary N) is 1. The number of amidine groups is 1. The number of thioether (sulfide) groups is 1. The van der Waals surface area contributed by atoms with E-state index in [0.717, 1.165) is 23.9 Å². The molecule has 0 saturated heterocycles. The lowest BCUT2D eigenvalue weighted by atomic mass is 10.2. The Bertz CT molecular complexity index is 580. The summed E-state index contributed by atoms with van der Waals surface area (Å²) in [5.74, 6) is 0.281. The molecule has 120 valence electrons. The number of hydrogen-bond acceptors (Lipinski definition) is 4. The van der Waals surface area contributed by atoms with Crippen molar-refractivity contribution in [2.24, 2.45) is 10.9 Å². The summed E-state index contributed by atoms with van der Waals surface area (Å²) in [6, 6.07) is 3.27. The third kappa shape index (κ3) is 5.85. The van der Waals surface area contributed by atoms with Gasteiger partial charge in [-0.05, 0) is 24.3 Å². The predicted octanol–water partition coefficient (Wildman–Crippen LogP) is 4.16. The summed E-state index contributed by atoms with van der Waals surface area (Å²) in [6.45, 7) is 4.10. The van der Waals surface area contributed by atoms with Gasteiger partial charge in [0.25, 0.3) is 0 Å². The van der Waals surface area contributed by atoms with E-state index in [1.807, 2.05) is 13.8 Å². The molecule has 0 bridgehead atoms. The average Bonchev–Trinajstić information content (AvgIpc) is 2.43. The molecule has 4 nitrogen and oxygen atoms in total. The lowest BCUT2D eigenvalue weighted by molar-refractivity contribution is -0.137. The Hall–Kier alpha value is -1.88. The highest BCUT2D eigenvalue weighted by Gasteiger charge is 2.31. The van der Waals surface area contributed by atoms with E-state index in [1.165, 1.54) is 6.07 Å². The molecule has 0 fully saturated rings. The van der Waals surface area contributed by atoms with Gasteiger partial charge in [-0.3, -0.25) is 5.32 Å². The second kappa shape index (κ2) is 7.94. The molecular formula is C14H16F3N3OS. The standard InChI is InChI=1S/C14H16F3N3OS/c1-9(2)7-21-12-5-10(14(15,16)17)4-11(6-12)20-13(22-3)19-8-18/h4-6,9H,7H2,1-3H3,(H,19,20). The summed E-state index contributed by atoms with van der Waals surface area (Å²) in [5, 5.41) is 11.1. The molecule has 0 radical (unpaired) electrons. The molecule has 0 aromatic heterocycles. The van der Waals surface area contributed by atoms with Crippen molar-refractivity contribution in [3.63, 3.8) is 0 Å². The first-order valence-corrected chi connectivity index (χ1v) is 7.61. The minimum Gasteiger partial charge on any atom is -0.493 e. The van der Waals surface area contributed by atoms with Gasteiger partial charge in [0.05, 0.1) is 17.9 Å². The van der Waals surface area contributed by atoms with Crippen LogP contribution in [-0.2, 0) is 6.18 Å². The van der Waals surface area contributed by atoms with E-state index >= 15 is 0 Å². The molecule has 0 unspecified atom stereocenters. The van der Waals surface area contributed by atoms with E-state index in [4.69, 9.17) is 10.00 Å². The summed E-state index contributed by atoms with van der Waals surface area (Å²) >= 11 is 1.12. The third-order valence-corrected chi connectivity index (χ3v) is 2.97. The van der Waals surface area contributed by atoms with Crippen LogP contribution in [0.3, 0.4) is 0 Å². The smallest absolute Gasteiger partial charge is 0.416 e. The molecule has 1 aromatic rings. The first-order chi connectivity index (χ1) is 10.3. The number of benzene rings is 1. The summed E-state index contributed by atoms with van der Waals surface area (Å²) in [6.07, 6.45) is -1.15. The Kier molecular flexibility index (Phi) is 6.56. The van der Waals surface area contributed by atoms with Crippen molar-refractivity contribution in [1.29, 1.82) is 5.26 Å². The number of hydrogen-bond donors (Lipinski definition) is 1. The van der Waals surface area contributed by atoms with Crippen LogP contribution in [0.2, 0.25) is 0 Å². The van der Waals surface area contributed by atoms with E-state index in [0.29, 0.717) is 6.61 Å². The number of alkyl halides is 3. The second-order valence-electron chi connectivity index (χ2n) is 4.78. The number of aliphatic imine (C=N–C) groups is 1. The molecule has 0 amide bonds. The Morgan fingerprint density at radius 1 is 1.41 bits per heavy atom. The van der Waals surface area contributed by atoms with Crippen LogP contribution in [0.1, 0.15) is 19.4 Å². The minimum atomic E-state index is -4.50. The highest BCUT2D eigenvalue weighted by molar-refractivity contribution is 8.13. The van der Waals surface area contributed by atoms with Gasteiger partial charge in [-0.1, -0.05) is 25.6 Å². The van der Waals surface area contributed by atoms with Crippen LogP contribution in [0, 0.1) is 17.4 Å². The molecule has 0 atom stereocenters. The lowest BCUT2D eigenvalue weighted by Gasteiger charge is -2.13. The fraction of sp³-hybridized carbons (Fsp3) is 0.429. The van der Waals surface area contributed by atoms with Crippen LogP contribution in [-0.4, -0.2) is 18.0 Å². The maximum absolute atomic E-state index is 12.9. The van der Waals surface area contributed by atoms with E-state index in [2.05, 4.69) is 10.3 Å². The van der Waals surface area contributed by atoms with Gasteiger partial charge < -0.3 is 4.74 Å². The monoisotopic (exact) mass is 331 g/mol. The molecule has 1 N–H and O–H groups in total. The quantitative estimate of drug-likeness (QED) is 0.389. The highest BCUT2D eigenvalue weighted by atomic mass is 32.2. The molecule has 1 rings (SSSR count). The highest BCUT2D eigenvalue weighted by Crippen LogP contribution is 2.35. The molecule has 1 aromatic carbocycles. The van der Waals surface area contributed by atoms with Crippen molar-refractivity contribution >= 4 is 22.6 Å². The summed E-state index contributed by atoms with van der Waals surface area (Å²) in [4.78, 5) is 3.99. The molecule has 0 aliphatic rings. The Morgan fingerprint density at radius 2 is 2.09 bits per heavy atom. The average molecular weight is 331 g/mol.